The van der Waals surface area contributed by atoms with Crippen LogP contribution in [0, 0.1) is 0 Å². The third-order valence-electron chi connectivity index (χ3n) is 6.92. The maximum atomic E-state index is 12.8. The molecule has 2 saturated heterocycles. The average Bonchev–Trinajstić information content (AvgIpc) is 3.38. The highest BCUT2D eigenvalue weighted by Gasteiger charge is 2.22. The fourth-order valence-electron chi connectivity index (χ4n) is 4.98. The number of hydrogen-bond donors (Lipinski definition) is 1. The highest BCUT2D eigenvalue weighted by molar-refractivity contribution is 5.94. The van der Waals surface area contributed by atoms with Gasteiger partial charge in [-0.15, -0.1) is 0 Å². The molecule has 0 aromatic heterocycles. The molecule has 6 heteroatoms. The van der Waals surface area contributed by atoms with Crippen molar-refractivity contribution in [2.75, 3.05) is 39.5 Å². The molecule has 0 spiro atoms. The monoisotopic (exact) mass is 450 g/mol. The Bertz CT molecular complexity index is 934. The molecule has 0 radical (unpaired) electrons. The van der Waals surface area contributed by atoms with Gasteiger partial charge >= 0.3 is 0 Å². The van der Waals surface area contributed by atoms with Crippen LogP contribution in [0.4, 0.5) is 0 Å². The largest absolute Gasteiger partial charge is 0.491 e. The average molecular weight is 451 g/mol. The molecule has 5 rings (SSSR count). The Balaban J connectivity index is 1.12. The summed E-state index contributed by atoms with van der Waals surface area (Å²) in [5.41, 5.74) is 4.83. The highest BCUT2D eigenvalue weighted by atomic mass is 16.5. The predicted molar refractivity (Wildman–Crippen MR) is 127 cm³/mol. The van der Waals surface area contributed by atoms with Crippen LogP contribution in [-0.4, -0.2) is 62.5 Å². The summed E-state index contributed by atoms with van der Waals surface area (Å²) >= 11 is 0. The SMILES string of the molecule is O=C(N[C@H]1CCc2cc(CN3CCOCC3)ccc2C1)c1ccc(OC[C@@H]2CCCO2)cc1. The number of benzene rings is 2. The topological polar surface area (TPSA) is 60.0 Å². The van der Waals surface area contributed by atoms with Crippen LogP contribution < -0.4 is 10.1 Å². The number of rotatable bonds is 7. The first-order chi connectivity index (χ1) is 16.2. The van der Waals surface area contributed by atoms with E-state index in [2.05, 4.69) is 28.4 Å². The first-order valence-electron chi connectivity index (χ1n) is 12.3. The maximum Gasteiger partial charge on any atom is 0.251 e. The van der Waals surface area contributed by atoms with Gasteiger partial charge in [-0.2, -0.15) is 0 Å². The molecule has 33 heavy (non-hydrogen) atoms. The minimum Gasteiger partial charge on any atom is -0.491 e. The van der Waals surface area contributed by atoms with Gasteiger partial charge in [0.2, 0.25) is 0 Å². The van der Waals surface area contributed by atoms with E-state index in [0.717, 1.165) is 77.3 Å². The van der Waals surface area contributed by atoms with Crippen LogP contribution in [0.3, 0.4) is 0 Å². The second-order valence-corrected chi connectivity index (χ2v) is 9.38. The molecule has 0 unspecified atom stereocenters. The molecule has 0 saturated carbocycles. The Labute approximate surface area is 196 Å². The third kappa shape index (κ3) is 5.94. The Morgan fingerprint density at radius 3 is 2.67 bits per heavy atom. The summed E-state index contributed by atoms with van der Waals surface area (Å²) in [5, 5.41) is 3.23. The summed E-state index contributed by atoms with van der Waals surface area (Å²) < 4.78 is 16.8. The second-order valence-electron chi connectivity index (χ2n) is 9.38. The van der Waals surface area contributed by atoms with Crippen LogP contribution in [0.15, 0.2) is 42.5 Å². The lowest BCUT2D eigenvalue weighted by atomic mass is 9.87. The standard InChI is InChI=1S/C27H34N2O4/c30-27(21-6-9-25(10-7-21)33-19-26-2-1-13-32-26)28-24-8-5-22-16-20(3-4-23(22)17-24)18-29-11-14-31-15-12-29/h3-4,6-7,9-10,16,24,26H,1-2,5,8,11-15,17-19H2,(H,28,30)/t24-,26-/m0/s1. The van der Waals surface area contributed by atoms with Gasteiger partial charge in [0.1, 0.15) is 12.4 Å². The molecule has 176 valence electrons. The van der Waals surface area contributed by atoms with Crippen molar-refractivity contribution in [1.29, 1.82) is 0 Å². The van der Waals surface area contributed by atoms with Gasteiger partial charge in [-0.05, 0) is 73.1 Å². The molecule has 2 aromatic rings. The molecule has 1 aliphatic carbocycles. The van der Waals surface area contributed by atoms with Gasteiger partial charge in [-0.1, -0.05) is 18.2 Å². The number of carbonyl (C=O) groups is 1. The lowest BCUT2D eigenvalue weighted by Gasteiger charge is -2.28. The summed E-state index contributed by atoms with van der Waals surface area (Å²) in [5.74, 6) is 0.764. The molecule has 2 fully saturated rings. The van der Waals surface area contributed by atoms with Gasteiger partial charge in [0.05, 0.1) is 19.3 Å². The van der Waals surface area contributed by atoms with Crippen LogP contribution in [0.25, 0.3) is 0 Å². The van der Waals surface area contributed by atoms with Gasteiger partial charge in [-0.3, -0.25) is 9.69 Å². The van der Waals surface area contributed by atoms with Crippen molar-refractivity contribution < 1.29 is 19.0 Å². The lowest BCUT2D eigenvalue weighted by molar-refractivity contribution is 0.0342. The van der Waals surface area contributed by atoms with E-state index in [1.165, 1.54) is 16.7 Å². The van der Waals surface area contributed by atoms with E-state index < -0.39 is 0 Å². The van der Waals surface area contributed by atoms with Gasteiger partial charge in [-0.25, -0.2) is 0 Å². The minimum atomic E-state index is -0.0157. The zero-order chi connectivity index (χ0) is 22.5. The van der Waals surface area contributed by atoms with Crippen molar-refractivity contribution in [2.45, 2.75) is 50.8 Å². The number of fused-ring (bicyclic) bond motifs is 1. The van der Waals surface area contributed by atoms with E-state index in [4.69, 9.17) is 14.2 Å². The summed E-state index contributed by atoms with van der Waals surface area (Å²) in [6.07, 6.45) is 5.23. The Hall–Kier alpha value is -2.41. The summed E-state index contributed by atoms with van der Waals surface area (Å²) in [6, 6.07) is 14.5. The van der Waals surface area contributed by atoms with E-state index in [0.29, 0.717) is 12.2 Å². The minimum absolute atomic E-state index is 0.0157. The van der Waals surface area contributed by atoms with Gasteiger partial charge in [0.25, 0.3) is 5.91 Å². The number of ether oxygens (including phenoxy) is 3. The molecule has 3 aliphatic rings. The van der Waals surface area contributed by atoms with Crippen molar-refractivity contribution in [3.8, 4) is 5.75 Å². The molecule has 0 bridgehead atoms. The van der Waals surface area contributed by atoms with Crippen molar-refractivity contribution >= 4 is 5.91 Å². The number of nitrogens with zero attached hydrogens (tertiary/aromatic N) is 1. The number of morpholine rings is 1. The van der Waals surface area contributed by atoms with Crippen molar-refractivity contribution in [1.82, 2.24) is 10.2 Å². The van der Waals surface area contributed by atoms with Crippen LogP contribution >= 0.6 is 0 Å². The quantitative estimate of drug-likeness (QED) is 0.701. The Morgan fingerprint density at radius 2 is 1.88 bits per heavy atom. The molecule has 2 heterocycles. The van der Waals surface area contributed by atoms with Crippen molar-refractivity contribution in [3.05, 3.63) is 64.7 Å². The van der Waals surface area contributed by atoms with E-state index in [1.807, 2.05) is 24.3 Å². The zero-order valence-electron chi connectivity index (χ0n) is 19.3. The normalized spacial score (nSPS) is 23.2. The first-order valence-corrected chi connectivity index (χ1v) is 12.3. The number of aryl methyl sites for hydroxylation is 1. The summed E-state index contributed by atoms with van der Waals surface area (Å²) in [4.78, 5) is 15.2. The zero-order valence-corrected chi connectivity index (χ0v) is 19.3. The smallest absolute Gasteiger partial charge is 0.251 e. The molecule has 2 atom stereocenters. The number of amides is 1. The van der Waals surface area contributed by atoms with Crippen molar-refractivity contribution in [2.24, 2.45) is 0 Å². The third-order valence-corrected chi connectivity index (χ3v) is 6.92. The summed E-state index contributed by atoms with van der Waals surface area (Å²) in [6.45, 7) is 6.06. The summed E-state index contributed by atoms with van der Waals surface area (Å²) in [7, 11) is 0. The van der Waals surface area contributed by atoms with Gasteiger partial charge < -0.3 is 19.5 Å². The van der Waals surface area contributed by atoms with E-state index in [1.54, 1.807) is 0 Å². The lowest BCUT2D eigenvalue weighted by Crippen LogP contribution is -2.39. The number of hydrogen-bond acceptors (Lipinski definition) is 5. The van der Waals surface area contributed by atoms with Crippen LogP contribution in [0.5, 0.6) is 5.75 Å². The van der Waals surface area contributed by atoms with E-state index in [-0.39, 0.29) is 18.1 Å². The van der Waals surface area contributed by atoms with Crippen LogP contribution in [0.1, 0.15) is 46.3 Å². The molecule has 2 aromatic carbocycles. The van der Waals surface area contributed by atoms with Crippen LogP contribution in [0.2, 0.25) is 0 Å². The molecular formula is C27H34N2O4. The fraction of sp³-hybridized carbons (Fsp3) is 0.519. The van der Waals surface area contributed by atoms with E-state index in [9.17, 15) is 4.79 Å². The highest BCUT2D eigenvalue weighted by Crippen LogP contribution is 2.24. The van der Waals surface area contributed by atoms with Gasteiger partial charge in [0.15, 0.2) is 0 Å². The van der Waals surface area contributed by atoms with Crippen LogP contribution in [-0.2, 0) is 28.9 Å². The van der Waals surface area contributed by atoms with E-state index >= 15 is 0 Å². The fourth-order valence-corrected chi connectivity index (χ4v) is 4.98. The first kappa shape index (κ1) is 22.4. The van der Waals surface area contributed by atoms with Gasteiger partial charge in [0, 0.05) is 37.8 Å². The molecule has 1 amide bonds. The Morgan fingerprint density at radius 1 is 1.03 bits per heavy atom. The predicted octanol–water partition coefficient (Wildman–Crippen LogP) is 3.36. The maximum absolute atomic E-state index is 12.8. The number of nitrogens with one attached hydrogen (secondary N) is 1. The molecular weight excluding hydrogens is 416 g/mol. The second kappa shape index (κ2) is 10.7. The molecule has 1 N–H and O–H groups in total. The molecule has 6 nitrogen and oxygen atoms in total. The number of carbonyl (C=O) groups excluding carboxylic acids is 1. The molecule has 2 aliphatic heterocycles. The van der Waals surface area contributed by atoms with Crippen molar-refractivity contribution in [3.63, 3.8) is 0 Å². The Kier molecular flexibility index (Phi) is 7.24.